The third-order valence-corrected chi connectivity index (χ3v) is 12.5. The smallest absolute Gasteiger partial charge is 0.329 e. The minimum atomic E-state index is -1.35. The Morgan fingerprint density at radius 1 is 0.864 bits per heavy atom. The monoisotopic (exact) mass is 620 g/mol. The Labute approximate surface area is 260 Å². The standard InChI is InChI=1S/C33H52N2O9/c1-18(4-11-28(37)38)22-7-8-23-21-6-5-19-16-20(12-14-32(19,2)24(21)13-15-33(22,23)3)44-31(43)26(17-29(39)40)35-27(36)10-9-25(34)30(41)42/h18-26H,4-17,34H2,1-3H3,(H,35,36)(H,37,38)(H,39,40)(H,41,42)/t18-,19-,20-,21+,22-,23+,24+,25+,26+,32+,33-/m1/s1. The molecule has 0 radical (unpaired) electrons. The molecule has 0 bridgehead atoms. The number of carbonyl (C=O) groups is 5. The normalized spacial score (nSPS) is 36.5. The summed E-state index contributed by atoms with van der Waals surface area (Å²) < 4.78 is 5.84. The first-order chi connectivity index (χ1) is 20.7. The molecule has 4 aliphatic rings. The van der Waals surface area contributed by atoms with E-state index >= 15 is 0 Å². The van der Waals surface area contributed by atoms with Gasteiger partial charge in [-0.2, -0.15) is 0 Å². The molecule has 6 N–H and O–H groups in total. The summed E-state index contributed by atoms with van der Waals surface area (Å²) in [5, 5.41) is 29.9. The van der Waals surface area contributed by atoms with E-state index in [0.717, 1.165) is 32.1 Å². The van der Waals surface area contributed by atoms with E-state index in [1.807, 2.05) is 0 Å². The lowest BCUT2D eigenvalue weighted by Crippen LogP contribution is -2.54. The molecule has 0 aromatic carbocycles. The van der Waals surface area contributed by atoms with Crippen LogP contribution in [0, 0.1) is 46.3 Å². The van der Waals surface area contributed by atoms with E-state index in [1.165, 1.54) is 25.7 Å². The third-order valence-electron chi connectivity index (χ3n) is 12.5. The van der Waals surface area contributed by atoms with Crippen molar-refractivity contribution in [1.82, 2.24) is 5.32 Å². The van der Waals surface area contributed by atoms with Crippen molar-refractivity contribution in [3.05, 3.63) is 0 Å². The maximum absolute atomic E-state index is 13.1. The van der Waals surface area contributed by atoms with E-state index in [9.17, 15) is 34.2 Å². The van der Waals surface area contributed by atoms with Gasteiger partial charge in [0, 0.05) is 12.8 Å². The topological polar surface area (TPSA) is 193 Å². The van der Waals surface area contributed by atoms with E-state index in [2.05, 4.69) is 26.1 Å². The molecule has 11 nitrogen and oxygen atoms in total. The van der Waals surface area contributed by atoms with Crippen molar-refractivity contribution in [2.75, 3.05) is 0 Å². The Kier molecular flexibility index (Phi) is 10.7. The lowest BCUT2D eigenvalue weighted by molar-refractivity contribution is -0.167. The van der Waals surface area contributed by atoms with E-state index in [-0.39, 0.29) is 36.2 Å². The molecule has 0 aliphatic heterocycles. The fourth-order valence-corrected chi connectivity index (χ4v) is 10.1. The van der Waals surface area contributed by atoms with Crippen LogP contribution in [-0.2, 0) is 28.7 Å². The van der Waals surface area contributed by atoms with Gasteiger partial charge in [-0.05, 0) is 117 Å². The fraction of sp³-hybridized carbons (Fsp3) is 0.848. The summed E-state index contributed by atoms with van der Waals surface area (Å²) in [6.07, 6.45) is 8.97. The first-order valence-corrected chi connectivity index (χ1v) is 16.6. The second kappa shape index (κ2) is 13.7. The number of aliphatic carboxylic acids is 3. The van der Waals surface area contributed by atoms with Crippen molar-refractivity contribution in [1.29, 1.82) is 0 Å². The zero-order valence-corrected chi connectivity index (χ0v) is 26.5. The number of carboxylic acids is 3. The SMILES string of the molecule is C[C@H](CCC(=O)O)[C@H]1CC[C@H]2[C@@H]3CC[C@@H]4C[C@H](OC(=O)[C@H](CC(=O)O)NC(=O)CC[C@H](N)C(=O)O)CC[C@]4(C)[C@H]3CC[C@]12C. The second-order valence-electron chi connectivity index (χ2n) is 14.8. The molecule has 0 aromatic heterocycles. The summed E-state index contributed by atoms with van der Waals surface area (Å²) in [5.41, 5.74) is 5.86. The van der Waals surface area contributed by atoms with Gasteiger partial charge >= 0.3 is 23.9 Å². The van der Waals surface area contributed by atoms with Gasteiger partial charge in [0.1, 0.15) is 18.2 Å². The minimum absolute atomic E-state index is 0.133. The molecule has 4 fully saturated rings. The maximum Gasteiger partial charge on any atom is 0.329 e. The van der Waals surface area contributed by atoms with Crippen LogP contribution in [0.5, 0.6) is 0 Å². The molecule has 0 unspecified atom stereocenters. The van der Waals surface area contributed by atoms with Gasteiger partial charge in [0.15, 0.2) is 0 Å². The second-order valence-corrected chi connectivity index (χ2v) is 14.8. The minimum Gasteiger partial charge on any atom is -0.481 e. The quantitative estimate of drug-likeness (QED) is 0.186. The van der Waals surface area contributed by atoms with Crippen LogP contribution in [0.3, 0.4) is 0 Å². The maximum atomic E-state index is 13.1. The number of carbonyl (C=O) groups excluding carboxylic acids is 2. The first-order valence-electron chi connectivity index (χ1n) is 16.6. The van der Waals surface area contributed by atoms with Crippen LogP contribution in [0.4, 0.5) is 0 Å². The molecule has 0 heterocycles. The van der Waals surface area contributed by atoms with Gasteiger partial charge in [0.25, 0.3) is 0 Å². The molecule has 1 amide bonds. The van der Waals surface area contributed by atoms with Crippen molar-refractivity contribution in [2.24, 2.45) is 52.1 Å². The van der Waals surface area contributed by atoms with Crippen LogP contribution < -0.4 is 11.1 Å². The summed E-state index contributed by atoms with van der Waals surface area (Å²) in [7, 11) is 0. The van der Waals surface area contributed by atoms with Crippen molar-refractivity contribution < 1.29 is 44.0 Å². The Morgan fingerprint density at radius 2 is 1.55 bits per heavy atom. The number of nitrogens with two attached hydrogens (primary N) is 1. The number of esters is 1. The molecule has 4 saturated carbocycles. The molecular formula is C33H52N2O9. The highest BCUT2D eigenvalue weighted by Crippen LogP contribution is 2.68. The first kappa shape index (κ1) is 34.2. The number of ether oxygens (including phenoxy) is 1. The van der Waals surface area contributed by atoms with Gasteiger partial charge in [-0.1, -0.05) is 20.8 Å². The molecule has 4 rings (SSSR count). The number of carboxylic acid groups (broad SMARTS) is 3. The Hall–Kier alpha value is -2.69. The third kappa shape index (κ3) is 7.23. The predicted octanol–water partition coefficient (Wildman–Crippen LogP) is 4.21. The number of amides is 1. The summed E-state index contributed by atoms with van der Waals surface area (Å²) >= 11 is 0. The average molecular weight is 621 g/mol. The van der Waals surface area contributed by atoms with Gasteiger partial charge < -0.3 is 31.1 Å². The molecular weight excluding hydrogens is 568 g/mol. The van der Waals surface area contributed by atoms with E-state index in [0.29, 0.717) is 41.9 Å². The van der Waals surface area contributed by atoms with Crippen molar-refractivity contribution in [3.63, 3.8) is 0 Å². The van der Waals surface area contributed by atoms with Gasteiger partial charge in [-0.3, -0.25) is 19.2 Å². The van der Waals surface area contributed by atoms with Crippen LogP contribution in [0.25, 0.3) is 0 Å². The van der Waals surface area contributed by atoms with E-state index in [4.69, 9.17) is 15.6 Å². The highest BCUT2D eigenvalue weighted by atomic mass is 16.5. The molecule has 0 spiro atoms. The fourth-order valence-electron chi connectivity index (χ4n) is 10.1. The van der Waals surface area contributed by atoms with Gasteiger partial charge in [0.2, 0.25) is 5.91 Å². The summed E-state index contributed by atoms with van der Waals surface area (Å²) in [5.74, 6) is -1.30. The van der Waals surface area contributed by atoms with Crippen LogP contribution in [-0.4, -0.2) is 63.3 Å². The molecule has 44 heavy (non-hydrogen) atoms. The zero-order chi connectivity index (χ0) is 32.4. The lowest BCUT2D eigenvalue weighted by atomic mass is 9.44. The summed E-state index contributed by atoms with van der Waals surface area (Å²) in [6, 6.07) is -2.58. The lowest BCUT2D eigenvalue weighted by Gasteiger charge is -2.61. The number of nitrogens with one attached hydrogen (secondary N) is 1. The van der Waals surface area contributed by atoms with E-state index in [1.54, 1.807) is 0 Å². The van der Waals surface area contributed by atoms with Crippen LogP contribution in [0.2, 0.25) is 0 Å². The van der Waals surface area contributed by atoms with Crippen LogP contribution >= 0.6 is 0 Å². The highest BCUT2D eigenvalue weighted by molar-refractivity contribution is 5.88. The number of rotatable bonds is 13. The van der Waals surface area contributed by atoms with Gasteiger partial charge in [-0.15, -0.1) is 0 Å². The summed E-state index contributed by atoms with van der Waals surface area (Å²) in [6.45, 7) is 7.14. The predicted molar refractivity (Wildman–Crippen MR) is 160 cm³/mol. The largest absolute Gasteiger partial charge is 0.481 e. The van der Waals surface area contributed by atoms with Crippen molar-refractivity contribution >= 4 is 29.8 Å². The average Bonchev–Trinajstić information content (AvgIpc) is 3.31. The van der Waals surface area contributed by atoms with Gasteiger partial charge in [-0.25, -0.2) is 4.79 Å². The Bertz CT molecular complexity index is 1110. The van der Waals surface area contributed by atoms with Crippen molar-refractivity contribution in [3.8, 4) is 0 Å². The highest BCUT2D eigenvalue weighted by Gasteiger charge is 2.60. The Balaban J connectivity index is 1.35. The molecule has 248 valence electrons. The van der Waals surface area contributed by atoms with Crippen molar-refractivity contribution in [2.45, 2.75) is 129 Å². The van der Waals surface area contributed by atoms with E-state index < -0.39 is 48.3 Å². The summed E-state index contributed by atoms with van der Waals surface area (Å²) in [4.78, 5) is 59.0. The van der Waals surface area contributed by atoms with Crippen LogP contribution in [0.1, 0.15) is 111 Å². The van der Waals surface area contributed by atoms with Gasteiger partial charge in [0.05, 0.1) is 6.42 Å². The number of hydrogen-bond acceptors (Lipinski definition) is 7. The zero-order valence-electron chi connectivity index (χ0n) is 26.5. The number of hydrogen-bond donors (Lipinski definition) is 5. The molecule has 11 heteroatoms. The Morgan fingerprint density at radius 3 is 2.20 bits per heavy atom. The molecule has 0 saturated heterocycles. The number of fused-ring (bicyclic) bond motifs is 5. The molecule has 11 atom stereocenters. The van der Waals surface area contributed by atoms with Crippen LogP contribution in [0.15, 0.2) is 0 Å². The molecule has 4 aliphatic carbocycles. The molecule has 0 aromatic rings.